The number of hydrogen-bond donors (Lipinski definition) is 1. The molecule has 5 rings (SSSR count). The van der Waals surface area contributed by atoms with Crippen molar-refractivity contribution in [2.24, 2.45) is 4.99 Å². The van der Waals surface area contributed by atoms with Crippen LogP contribution in [0.2, 0.25) is 5.02 Å². The maximum atomic E-state index is 6.49. The predicted molar refractivity (Wildman–Crippen MR) is 122 cm³/mol. The first-order valence-corrected chi connectivity index (χ1v) is 10.7. The fourth-order valence-electron chi connectivity index (χ4n) is 3.35. The van der Waals surface area contributed by atoms with E-state index in [1.54, 1.807) is 18.7 Å². The van der Waals surface area contributed by atoms with Crippen LogP contribution in [0.15, 0.2) is 69.2 Å². The quantitative estimate of drug-likeness (QED) is 0.450. The molecule has 0 aliphatic carbocycles. The molecule has 31 heavy (non-hydrogen) atoms. The molecule has 0 saturated carbocycles. The Labute approximate surface area is 186 Å². The molecule has 0 radical (unpaired) electrons. The third-order valence-electron chi connectivity index (χ3n) is 4.80. The molecule has 0 bridgehead atoms. The molecule has 4 aromatic rings. The second-order valence-electron chi connectivity index (χ2n) is 6.76. The molecule has 10 heteroatoms. The number of nitrogens with zero attached hydrogens (tertiary/aromatic N) is 5. The van der Waals surface area contributed by atoms with E-state index in [0.717, 1.165) is 16.8 Å². The summed E-state index contributed by atoms with van der Waals surface area (Å²) in [6.45, 7) is 1.98. The number of guanidine groups is 1. The van der Waals surface area contributed by atoms with E-state index >= 15 is 0 Å². The average Bonchev–Trinajstić information content (AvgIpc) is 3.43. The van der Waals surface area contributed by atoms with Crippen LogP contribution >= 0.6 is 22.9 Å². The molecule has 2 aromatic heterocycles. The molecular formula is C21H17ClN6O2S. The van der Waals surface area contributed by atoms with Gasteiger partial charge in [-0.25, -0.2) is 4.99 Å². The number of fused-ring (bicyclic) bond motifs is 1. The van der Waals surface area contributed by atoms with Crippen LogP contribution in [0, 0.1) is 0 Å². The van der Waals surface area contributed by atoms with Crippen molar-refractivity contribution in [1.29, 1.82) is 0 Å². The number of rotatable bonds is 4. The predicted octanol–water partition coefficient (Wildman–Crippen LogP) is 5.27. The lowest BCUT2D eigenvalue weighted by molar-refractivity contribution is 0.414. The van der Waals surface area contributed by atoms with Gasteiger partial charge in [-0.15, -0.1) is 10.2 Å². The normalized spacial score (nSPS) is 16.2. The second kappa shape index (κ2) is 8.01. The Kier molecular flexibility index (Phi) is 5.05. The molecule has 156 valence electrons. The van der Waals surface area contributed by atoms with Gasteiger partial charge in [-0.2, -0.15) is 4.98 Å². The van der Waals surface area contributed by atoms with E-state index in [-0.39, 0.29) is 6.04 Å². The van der Waals surface area contributed by atoms with Crippen molar-refractivity contribution < 1.29 is 9.15 Å². The van der Waals surface area contributed by atoms with Crippen LogP contribution in [-0.4, -0.2) is 28.3 Å². The summed E-state index contributed by atoms with van der Waals surface area (Å²) in [5.74, 6) is 1.22. The van der Waals surface area contributed by atoms with E-state index in [2.05, 4.69) is 20.5 Å². The first-order chi connectivity index (χ1) is 15.1. The molecule has 1 N–H and O–H groups in total. The Hall–Kier alpha value is -3.43. The Balaban J connectivity index is 1.58. The number of aromatic nitrogens is 3. The molecule has 2 aromatic carbocycles. The SMILES string of the molecule is COc1ccc(Cl)c(C2C=C(C)N(c3nncs3)C(Nc3nc4ccccc4o3)=N2)c1. The molecule has 3 heterocycles. The van der Waals surface area contributed by atoms with Crippen molar-refractivity contribution >= 4 is 51.1 Å². The number of halogens is 1. The highest BCUT2D eigenvalue weighted by Gasteiger charge is 2.28. The zero-order chi connectivity index (χ0) is 21.4. The number of nitrogens with one attached hydrogen (secondary N) is 1. The van der Waals surface area contributed by atoms with E-state index in [1.165, 1.54) is 11.3 Å². The molecule has 1 aliphatic heterocycles. The number of aliphatic imine (C=N–C) groups is 1. The van der Waals surface area contributed by atoms with E-state index < -0.39 is 0 Å². The van der Waals surface area contributed by atoms with Crippen molar-refractivity contribution in [2.75, 3.05) is 17.3 Å². The maximum absolute atomic E-state index is 6.49. The van der Waals surface area contributed by atoms with Crippen LogP contribution in [0.3, 0.4) is 0 Å². The minimum atomic E-state index is -0.335. The summed E-state index contributed by atoms with van der Waals surface area (Å²) < 4.78 is 11.2. The topological polar surface area (TPSA) is 88.7 Å². The fourth-order valence-corrected chi connectivity index (χ4v) is 4.20. The first kappa shape index (κ1) is 19.5. The standard InChI is InChI=1S/C21H17ClN6O2S/c1-12-9-17(14-10-13(29-2)7-8-15(14)22)24-19(28(12)21-27-23-11-31-21)26-20-25-16-5-3-4-6-18(16)30-20/h3-11,17H,1-2H3,(H,24,25,26). The largest absolute Gasteiger partial charge is 0.497 e. The molecule has 1 atom stereocenters. The van der Waals surface area contributed by atoms with Crippen LogP contribution in [0.5, 0.6) is 5.75 Å². The third-order valence-corrected chi connectivity index (χ3v) is 5.82. The summed E-state index contributed by atoms with van der Waals surface area (Å²) in [5.41, 5.74) is 4.85. The smallest absolute Gasteiger partial charge is 0.302 e. The number of allylic oxidation sites excluding steroid dienone is 1. The van der Waals surface area contributed by atoms with Crippen LogP contribution < -0.4 is 15.0 Å². The lowest BCUT2D eigenvalue weighted by atomic mass is 10.0. The summed E-state index contributed by atoms with van der Waals surface area (Å²) >= 11 is 7.90. The summed E-state index contributed by atoms with van der Waals surface area (Å²) in [6, 6.07) is 13.1. The lowest BCUT2D eigenvalue weighted by Crippen LogP contribution is -2.38. The van der Waals surface area contributed by atoms with E-state index in [1.807, 2.05) is 54.3 Å². The van der Waals surface area contributed by atoms with Crippen molar-refractivity contribution in [3.63, 3.8) is 0 Å². The van der Waals surface area contributed by atoms with Crippen molar-refractivity contribution in [3.05, 3.63) is 70.3 Å². The minimum Gasteiger partial charge on any atom is -0.497 e. The Morgan fingerprint density at radius 1 is 1.23 bits per heavy atom. The van der Waals surface area contributed by atoms with Gasteiger partial charge in [0.05, 0.1) is 7.11 Å². The third kappa shape index (κ3) is 3.73. The molecule has 8 nitrogen and oxygen atoms in total. The number of para-hydroxylation sites is 2. The minimum absolute atomic E-state index is 0.333. The van der Waals surface area contributed by atoms with Crippen LogP contribution in [-0.2, 0) is 0 Å². The zero-order valence-corrected chi connectivity index (χ0v) is 18.2. The number of hydrogen-bond acceptors (Lipinski definition) is 9. The fraction of sp³-hybridized carbons (Fsp3) is 0.143. The highest BCUT2D eigenvalue weighted by atomic mass is 35.5. The van der Waals surface area contributed by atoms with Crippen LogP contribution in [0.1, 0.15) is 18.5 Å². The molecule has 0 fully saturated rings. The van der Waals surface area contributed by atoms with E-state index in [9.17, 15) is 0 Å². The summed E-state index contributed by atoms with van der Waals surface area (Å²) in [7, 11) is 1.62. The number of ether oxygens (including phenoxy) is 1. The number of methoxy groups -OCH3 is 1. The van der Waals surface area contributed by atoms with Crippen LogP contribution in [0.4, 0.5) is 11.1 Å². The van der Waals surface area contributed by atoms with Gasteiger partial charge in [-0.05, 0) is 43.3 Å². The summed E-state index contributed by atoms with van der Waals surface area (Å²) in [4.78, 5) is 11.3. The average molecular weight is 453 g/mol. The van der Waals surface area contributed by atoms with Crippen molar-refractivity contribution in [1.82, 2.24) is 15.2 Å². The molecular weight excluding hydrogens is 436 g/mol. The monoisotopic (exact) mass is 452 g/mol. The number of benzene rings is 2. The second-order valence-corrected chi connectivity index (χ2v) is 7.98. The number of anilines is 2. The van der Waals surface area contributed by atoms with Gasteiger partial charge in [0.2, 0.25) is 11.1 Å². The molecule has 1 aliphatic rings. The highest BCUT2D eigenvalue weighted by Crippen LogP contribution is 2.36. The zero-order valence-electron chi connectivity index (χ0n) is 16.6. The van der Waals surface area contributed by atoms with Crippen molar-refractivity contribution in [3.8, 4) is 5.75 Å². The molecule has 1 unspecified atom stereocenters. The van der Waals surface area contributed by atoms with Gasteiger partial charge in [0.1, 0.15) is 22.8 Å². The molecule has 0 amide bonds. The van der Waals surface area contributed by atoms with Gasteiger partial charge in [0, 0.05) is 16.3 Å². The molecule has 0 spiro atoms. The Bertz CT molecular complexity index is 1270. The van der Waals surface area contributed by atoms with Gasteiger partial charge in [0.15, 0.2) is 5.58 Å². The first-order valence-electron chi connectivity index (χ1n) is 9.41. The number of oxazole rings is 1. The maximum Gasteiger partial charge on any atom is 0.302 e. The Morgan fingerprint density at radius 3 is 2.87 bits per heavy atom. The van der Waals surface area contributed by atoms with E-state index in [4.69, 9.17) is 25.7 Å². The van der Waals surface area contributed by atoms with Gasteiger partial charge in [-0.3, -0.25) is 10.2 Å². The van der Waals surface area contributed by atoms with E-state index in [0.29, 0.717) is 33.5 Å². The summed E-state index contributed by atoms with van der Waals surface area (Å²) in [6.07, 6.45) is 2.01. The highest BCUT2D eigenvalue weighted by molar-refractivity contribution is 7.13. The van der Waals surface area contributed by atoms with Gasteiger partial charge in [-0.1, -0.05) is 35.1 Å². The summed E-state index contributed by atoms with van der Waals surface area (Å²) in [5, 5.41) is 12.6. The van der Waals surface area contributed by atoms with Crippen molar-refractivity contribution in [2.45, 2.75) is 13.0 Å². The van der Waals surface area contributed by atoms with Crippen LogP contribution in [0.25, 0.3) is 11.1 Å². The van der Waals surface area contributed by atoms with Gasteiger partial charge in [0.25, 0.3) is 0 Å². The van der Waals surface area contributed by atoms with Gasteiger partial charge >= 0.3 is 6.01 Å². The molecule has 0 saturated heterocycles. The lowest BCUT2D eigenvalue weighted by Gasteiger charge is -2.29. The Morgan fingerprint density at radius 2 is 2.10 bits per heavy atom. The van der Waals surface area contributed by atoms with Gasteiger partial charge < -0.3 is 9.15 Å².